The van der Waals surface area contributed by atoms with Gasteiger partial charge in [0.15, 0.2) is 0 Å². The lowest BCUT2D eigenvalue weighted by molar-refractivity contribution is 0.848. The molecule has 37 heavy (non-hydrogen) atoms. The van der Waals surface area contributed by atoms with E-state index in [4.69, 9.17) is 0 Å². The molecule has 2 fully saturated rings. The highest BCUT2D eigenvalue weighted by atomic mass is 30.4. The van der Waals surface area contributed by atoms with Crippen molar-refractivity contribution in [2.45, 2.75) is 151 Å². The molecular formula is C23H69FSi13. The van der Waals surface area contributed by atoms with Crippen molar-refractivity contribution < 1.29 is 4.11 Å². The Bertz CT molecular complexity index is 837. The van der Waals surface area contributed by atoms with Gasteiger partial charge in [0.25, 0.3) is 0 Å². The van der Waals surface area contributed by atoms with E-state index in [0.29, 0.717) is 0 Å². The normalized spacial score (nSPS) is 34.4. The van der Waals surface area contributed by atoms with Gasteiger partial charge in [-0.15, -0.1) is 0 Å². The van der Waals surface area contributed by atoms with Gasteiger partial charge in [-0.3, -0.25) is 0 Å². The molecule has 0 atom stereocenters. The maximum absolute atomic E-state index is 20.0. The first-order valence-corrected chi connectivity index (χ1v) is 66.6. The standard InChI is InChI=1S/C23H69FSi13/c1-25(2)27(5,6)31(13,14)36(22,32(15,16)28(25,7)8)35(21,24)37(23)33(17,18)29(9,10)26(3,4)30(11,12)34(37,19)20/h1-23H3. The van der Waals surface area contributed by atoms with Gasteiger partial charge in [-0.05, 0) is 6.55 Å². The Morgan fingerprint density at radius 3 is 0.514 bits per heavy atom. The van der Waals surface area contributed by atoms with E-state index in [2.05, 4.69) is 151 Å². The molecule has 0 N–H and O–H groups in total. The molecule has 0 spiro atoms. The van der Waals surface area contributed by atoms with Gasteiger partial charge in [0, 0.05) is 71.1 Å². The van der Waals surface area contributed by atoms with Crippen LogP contribution in [0.4, 0.5) is 4.11 Å². The fourth-order valence-corrected chi connectivity index (χ4v) is 710. The van der Waals surface area contributed by atoms with Gasteiger partial charge in [0.2, 0.25) is 7.44 Å². The summed E-state index contributed by atoms with van der Waals surface area (Å²) in [5, 5.41) is 0. The quantitative estimate of drug-likeness (QED) is 0.197. The van der Waals surface area contributed by atoms with Gasteiger partial charge in [0.1, 0.15) is 0 Å². The Balaban J connectivity index is 3.23. The van der Waals surface area contributed by atoms with Crippen LogP contribution in [0, 0.1) is 0 Å². The Hall–Kier alpha value is 2.75. The smallest absolute Gasteiger partial charge is 0.207 e. The zero-order chi connectivity index (χ0) is 30.5. The molecular weight excluding hydrogens is 660 g/mol. The molecule has 2 rings (SSSR count). The van der Waals surface area contributed by atoms with Crippen molar-refractivity contribution >= 4 is 91.8 Å². The molecule has 0 amide bonds. The molecule has 0 saturated carbocycles. The molecule has 0 aromatic heterocycles. The van der Waals surface area contributed by atoms with Crippen molar-refractivity contribution in [3.05, 3.63) is 0 Å². The van der Waals surface area contributed by atoms with Gasteiger partial charge in [0.05, 0.1) is 13.3 Å². The molecule has 2 heterocycles. The van der Waals surface area contributed by atoms with Crippen LogP contribution in [0.2, 0.25) is 151 Å². The van der Waals surface area contributed by atoms with E-state index in [1.54, 1.807) is 0 Å². The number of hydrogen-bond donors (Lipinski definition) is 0. The van der Waals surface area contributed by atoms with E-state index in [9.17, 15) is 0 Å². The van der Waals surface area contributed by atoms with E-state index in [1.165, 1.54) is 0 Å². The van der Waals surface area contributed by atoms with Crippen LogP contribution in [0.3, 0.4) is 0 Å². The number of rotatable bonds is 2. The summed E-state index contributed by atoms with van der Waals surface area (Å²) in [5.41, 5.74) is 0. The average Bonchev–Trinajstić information content (AvgIpc) is 2.68. The van der Waals surface area contributed by atoms with Gasteiger partial charge < -0.3 is 4.11 Å². The monoisotopic (exact) mass is 728 g/mol. The van der Waals surface area contributed by atoms with Crippen molar-refractivity contribution in [2.75, 3.05) is 0 Å². The first kappa shape index (κ1) is 35.9. The molecule has 2 aliphatic rings. The lowest BCUT2D eigenvalue weighted by atomic mass is 11.9. The third kappa shape index (κ3) is 3.16. The second-order valence-electron chi connectivity index (χ2n) is 19.5. The van der Waals surface area contributed by atoms with Crippen LogP contribution in [-0.2, 0) is 0 Å². The van der Waals surface area contributed by atoms with E-state index >= 15 is 4.11 Å². The van der Waals surface area contributed by atoms with E-state index in [0.717, 1.165) is 0 Å². The van der Waals surface area contributed by atoms with Crippen LogP contribution >= 0.6 is 0 Å². The Labute approximate surface area is 244 Å². The average molecular weight is 730 g/mol. The summed E-state index contributed by atoms with van der Waals surface area (Å²) in [7, 11) is -18.5. The molecule has 2 saturated heterocycles. The zero-order valence-corrected chi connectivity index (χ0v) is 42.9. The first-order valence-electron chi connectivity index (χ1n) is 15.2. The van der Waals surface area contributed by atoms with E-state index in [1.807, 2.05) is 0 Å². The maximum atomic E-state index is 20.0. The van der Waals surface area contributed by atoms with Crippen molar-refractivity contribution in [3.8, 4) is 0 Å². The number of hydrogen-bond acceptors (Lipinski definition) is 0. The lowest BCUT2D eigenvalue weighted by Gasteiger charge is -2.80. The van der Waals surface area contributed by atoms with E-state index < -0.39 is 91.8 Å². The van der Waals surface area contributed by atoms with Crippen molar-refractivity contribution in [1.82, 2.24) is 0 Å². The maximum Gasteiger partial charge on any atom is 0.207 e. The van der Waals surface area contributed by atoms with Gasteiger partial charge >= 0.3 is 0 Å². The Kier molecular flexibility index (Phi) is 8.23. The summed E-state index contributed by atoms with van der Waals surface area (Å²) in [6, 6.07) is 0. The van der Waals surface area contributed by atoms with Crippen molar-refractivity contribution in [2.24, 2.45) is 0 Å². The Morgan fingerprint density at radius 1 is 0.270 bits per heavy atom. The highest BCUT2D eigenvalue weighted by Gasteiger charge is 2.90. The molecule has 0 aromatic rings. The molecule has 220 valence electrons. The van der Waals surface area contributed by atoms with Crippen molar-refractivity contribution in [1.29, 1.82) is 0 Å². The summed E-state index contributed by atoms with van der Waals surface area (Å²) in [6.45, 7) is 61.5. The van der Waals surface area contributed by atoms with Crippen LogP contribution in [-0.4, -0.2) is 91.8 Å². The topological polar surface area (TPSA) is 0 Å². The molecule has 2 aliphatic heterocycles. The molecule has 0 aromatic carbocycles. The summed E-state index contributed by atoms with van der Waals surface area (Å²) in [6.07, 6.45) is 0. The minimum Gasteiger partial charge on any atom is -0.323 e. The largest absolute Gasteiger partial charge is 0.323 e. The van der Waals surface area contributed by atoms with Crippen LogP contribution in [0.15, 0.2) is 0 Å². The van der Waals surface area contributed by atoms with Crippen LogP contribution in [0.5, 0.6) is 0 Å². The summed E-state index contributed by atoms with van der Waals surface area (Å²) in [4.78, 5) is 0. The minimum absolute atomic E-state index is 1.36. The van der Waals surface area contributed by atoms with Crippen LogP contribution < -0.4 is 0 Å². The first-order chi connectivity index (χ1) is 15.5. The summed E-state index contributed by atoms with van der Waals surface area (Å²) < 4.78 is 20.0. The second-order valence-corrected chi connectivity index (χ2v) is 183. The molecule has 0 aliphatic carbocycles. The SMILES string of the molecule is C[Si]1(C)[Si](C)(C)[Si](C)(C)[Si](C)([Si](C)(F)[Si]2(C)[Si](C)(C)[Si](C)(C)[Si](C)(C)[Si](C)(C)[Si]2(C)C)[Si](C)(C)[Si]1(C)C. The molecule has 0 nitrogen and oxygen atoms in total. The lowest BCUT2D eigenvalue weighted by Crippen LogP contribution is -3.12. The predicted octanol–water partition coefficient (Wildman–Crippen LogP) is 8.90. The number of halogens is 1. The predicted molar refractivity (Wildman–Crippen MR) is 211 cm³/mol. The highest BCUT2D eigenvalue weighted by molar-refractivity contribution is 8.30. The molecule has 0 radical (unpaired) electrons. The third-order valence-electron chi connectivity index (χ3n) is 19.4. The van der Waals surface area contributed by atoms with Gasteiger partial charge in [-0.25, -0.2) is 0 Å². The molecule has 14 heteroatoms. The van der Waals surface area contributed by atoms with Crippen LogP contribution in [0.25, 0.3) is 0 Å². The van der Waals surface area contributed by atoms with Crippen molar-refractivity contribution in [3.63, 3.8) is 0 Å². The van der Waals surface area contributed by atoms with Crippen LogP contribution in [0.1, 0.15) is 0 Å². The fraction of sp³-hybridized carbons (Fsp3) is 1.00. The Morgan fingerprint density at radius 2 is 0.378 bits per heavy atom. The summed E-state index contributed by atoms with van der Waals surface area (Å²) >= 11 is 0. The third-order valence-corrected chi connectivity index (χ3v) is 398. The highest BCUT2D eigenvalue weighted by Crippen LogP contribution is 2.61. The van der Waals surface area contributed by atoms with Gasteiger partial charge in [-0.2, -0.15) is 0 Å². The van der Waals surface area contributed by atoms with E-state index in [-0.39, 0.29) is 0 Å². The molecule has 0 bridgehead atoms. The zero-order valence-electron chi connectivity index (χ0n) is 29.9. The second kappa shape index (κ2) is 8.47. The molecule has 0 unspecified atom stereocenters. The van der Waals surface area contributed by atoms with Gasteiger partial charge in [-0.1, -0.05) is 144 Å². The fourth-order valence-electron chi connectivity index (χ4n) is 11.6. The summed E-state index contributed by atoms with van der Waals surface area (Å²) in [5.74, 6) is 0. The minimum atomic E-state index is -2.96.